The van der Waals surface area contributed by atoms with Gasteiger partial charge in [0.05, 0.1) is 11.3 Å². The topological polar surface area (TPSA) is 82.2 Å². The lowest BCUT2D eigenvalue weighted by Gasteiger charge is -2.35. The summed E-state index contributed by atoms with van der Waals surface area (Å²) in [4.78, 5) is 41.3. The van der Waals surface area contributed by atoms with Gasteiger partial charge in [0.15, 0.2) is 5.78 Å². The van der Waals surface area contributed by atoms with Gasteiger partial charge in [-0.2, -0.15) is 0 Å². The van der Waals surface area contributed by atoms with Crippen LogP contribution in [0.1, 0.15) is 44.4 Å². The third kappa shape index (κ3) is 3.47. The van der Waals surface area contributed by atoms with E-state index >= 15 is 0 Å². The quantitative estimate of drug-likeness (QED) is 0.730. The fraction of sp³-hybridized carbons (Fsp3) is 0.304. The predicted molar refractivity (Wildman–Crippen MR) is 113 cm³/mol. The van der Waals surface area contributed by atoms with E-state index in [-0.39, 0.29) is 17.6 Å². The second-order valence-electron chi connectivity index (χ2n) is 7.83. The number of carbonyl (C=O) groups excluding carboxylic acids is 2. The second-order valence-corrected chi connectivity index (χ2v) is 7.83. The number of carbonyl (C=O) groups is 2. The molecule has 3 heterocycles. The molecule has 1 amide bonds. The third-order valence-corrected chi connectivity index (χ3v) is 5.98. The molecule has 1 aliphatic heterocycles. The van der Waals surface area contributed by atoms with Gasteiger partial charge in [0.1, 0.15) is 5.69 Å². The zero-order valence-corrected chi connectivity index (χ0v) is 16.6. The molecule has 0 bridgehead atoms. The summed E-state index contributed by atoms with van der Waals surface area (Å²) >= 11 is 0. The molecule has 2 aromatic heterocycles. The summed E-state index contributed by atoms with van der Waals surface area (Å²) in [6, 6.07) is 13.8. The van der Waals surface area contributed by atoms with Crippen LogP contribution < -0.4 is 4.90 Å². The highest BCUT2D eigenvalue weighted by atomic mass is 16.2. The molecule has 1 aliphatic carbocycles. The van der Waals surface area contributed by atoms with Crippen molar-refractivity contribution in [3.63, 3.8) is 0 Å². The van der Waals surface area contributed by atoms with Crippen LogP contribution in [0.3, 0.4) is 0 Å². The van der Waals surface area contributed by atoms with Crippen molar-refractivity contribution in [2.24, 2.45) is 0 Å². The first kappa shape index (κ1) is 18.5. The number of nitrogens with one attached hydrogen (secondary N) is 1. The highest BCUT2D eigenvalue weighted by Crippen LogP contribution is 2.32. The van der Waals surface area contributed by atoms with Gasteiger partial charge in [-0.25, -0.2) is 9.97 Å². The van der Waals surface area contributed by atoms with E-state index in [2.05, 4.69) is 27.0 Å². The summed E-state index contributed by atoms with van der Waals surface area (Å²) in [5.74, 6) is 0.923. The average Bonchev–Trinajstić information content (AvgIpc) is 3.34. The Bertz CT molecular complexity index is 1060. The Morgan fingerprint density at radius 2 is 1.80 bits per heavy atom. The molecule has 1 unspecified atom stereocenters. The molecule has 1 aromatic carbocycles. The normalized spacial score (nSPS) is 18.9. The van der Waals surface area contributed by atoms with Crippen LogP contribution in [0.25, 0.3) is 0 Å². The molecule has 7 heteroatoms. The monoisotopic (exact) mass is 401 g/mol. The molecular formula is C23H23N5O2. The maximum Gasteiger partial charge on any atom is 0.270 e. The fourth-order valence-electron chi connectivity index (χ4n) is 4.29. The first-order valence-corrected chi connectivity index (χ1v) is 10.3. The molecule has 1 fully saturated rings. The molecule has 3 aromatic rings. The van der Waals surface area contributed by atoms with Crippen molar-refractivity contribution in [3.8, 4) is 0 Å². The van der Waals surface area contributed by atoms with Crippen molar-refractivity contribution in [3.05, 3.63) is 77.4 Å². The molecule has 0 radical (unpaired) electrons. The smallest absolute Gasteiger partial charge is 0.270 e. The van der Waals surface area contributed by atoms with Gasteiger partial charge < -0.3 is 14.8 Å². The molecule has 0 saturated carbocycles. The summed E-state index contributed by atoms with van der Waals surface area (Å²) in [6.45, 7) is 2.57. The zero-order chi connectivity index (χ0) is 20.5. The van der Waals surface area contributed by atoms with Gasteiger partial charge in [-0.05, 0) is 30.0 Å². The van der Waals surface area contributed by atoms with Crippen LogP contribution in [0.4, 0.5) is 5.95 Å². The van der Waals surface area contributed by atoms with Crippen LogP contribution in [0, 0.1) is 0 Å². The molecule has 1 saturated heterocycles. The minimum atomic E-state index is 0.0160. The first-order valence-electron chi connectivity index (χ1n) is 10.3. The number of fused-ring (bicyclic) bond motifs is 1. The minimum Gasteiger partial charge on any atom is -0.357 e. The van der Waals surface area contributed by atoms with Crippen molar-refractivity contribution in [2.75, 3.05) is 31.1 Å². The molecular weight excluding hydrogens is 378 g/mol. The molecule has 152 valence electrons. The number of nitrogens with zero attached hydrogens (tertiary/aromatic N) is 4. The van der Waals surface area contributed by atoms with Gasteiger partial charge in [0.25, 0.3) is 5.91 Å². The van der Waals surface area contributed by atoms with Gasteiger partial charge in [-0.1, -0.05) is 30.3 Å². The maximum atomic E-state index is 12.6. The number of H-pyrrole nitrogens is 1. The molecule has 2 aliphatic rings. The van der Waals surface area contributed by atoms with E-state index in [4.69, 9.17) is 4.98 Å². The Balaban J connectivity index is 1.30. The Hall–Kier alpha value is -3.48. The fourth-order valence-corrected chi connectivity index (χ4v) is 4.29. The van der Waals surface area contributed by atoms with Gasteiger partial charge in [0, 0.05) is 45.0 Å². The van der Waals surface area contributed by atoms with Gasteiger partial charge in [-0.3, -0.25) is 9.59 Å². The van der Waals surface area contributed by atoms with Gasteiger partial charge in [-0.15, -0.1) is 0 Å². The number of amides is 1. The number of aromatic amines is 1. The number of hydrogen-bond acceptors (Lipinski definition) is 5. The van der Waals surface area contributed by atoms with Crippen LogP contribution >= 0.6 is 0 Å². The number of Topliss-reactive ketones (excluding diaryl/α,β-unsaturated/α-hetero) is 1. The summed E-state index contributed by atoms with van der Waals surface area (Å²) in [5, 5.41) is 0. The van der Waals surface area contributed by atoms with Crippen LogP contribution in [0.5, 0.6) is 0 Å². The Labute approximate surface area is 174 Å². The maximum absolute atomic E-state index is 12.6. The van der Waals surface area contributed by atoms with Crippen LogP contribution in [0.2, 0.25) is 0 Å². The third-order valence-electron chi connectivity index (χ3n) is 5.98. The summed E-state index contributed by atoms with van der Waals surface area (Å²) in [6.07, 6.45) is 4.68. The number of hydrogen-bond donors (Lipinski definition) is 1. The van der Waals surface area contributed by atoms with E-state index in [0.29, 0.717) is 49.8 Å². The lowest BCUT2D eigenvalue weighted by atomic mass is 9.82. The number of rotatable bonds is 3. The molecule has 7 nitrogen and oxygen atoms in total. The number of anilines is 1. The van der Waals surface area contributed by atoms with E-state index in [0.717, 1.165) is 12.1 Å². The molecule has 5 rings (SSSR count). The van der Waals surface area contributed by atoms with Crippen LogP contribution in [0.15, 0.2) is 54.9 Å². The van der Waals surface area contributed by atoms with E-state index in [1.807, 2.05) is 29.2 Å². The highest BCUT2D eigenvalue weighted by molar-refractivity contribution is 5.98. The van der Waals surface area contributed by atoms with E-state index in [1.165, 1.54) is 5.56 Å². The van der Waals surface area contributed by atoms with E-state index in [1.54, 1.807) is 18.5 Å². The van der Waals surface area contributed by atoms with Crippen LogP contribution in [-0.4, -0.2) is 57.7 Å². The zero-order valence-electron chi connectivity index (χ0n) is 16.6. The van der Waals surface area contributed by atoms with Crippen molar-refractivity contribution >= 4 is 17.6 Å². The highest BCUT2D eigenvalue weighted by Gasteiger charge is 2.29. The van der Waals surface area contributed by atoms with Crippen molar-refractivity contribution in [2.45, 2.75) is 18.8 Å². The SMILES string of the molecule is O=C1CC(c2ccccc2)Cc2nc(N3CCN(C(=O)c4ccc[nH]4)CC3)ncc21. The molecule has 0 spiro atoms. The minimum absolute atomic E-state index is 0.0160. The van der Waals surface area contributed by atoms with E-state index in [9.17, 15) is 9.59 Å². The lowest BCUT2D eigenvalue weighted by molar-refractivity contribution is 0.0740. The predicted octanol–water partition coefficient (Wildman–Crippen LogP) is 2.68. The second kappa shape index (κ2) is 7.74. The molecule has 30 heavy (non-hydrogen) atoms. The van der Waals surface area contributed by atoms with Crippen LogP contribution in [-0.2, 0) is 6.42 Å². The lowest BCUT2D eigenvalue weighted by Crippen LogP contribution is -2.49. The standard InChI is InChI=1S/C23H23N5O2/c29-21-14-17(16-5-2-1-3-6-16)13-20-18(21)15-25-23(26-20)28-11-9-27(10-12-28)22(30)19-7-4-8-24-19/h1-8,15,17,24H,9-14H2. The molecule has 1 atom stereocenters. The first-order chi connectivity index (χ1) is 14.7. The summed E-state index contributed by atoms with van der Waals surface area (Å²) in [5.41, 5.74) is 3.26. The number of benzene rings is 1. The Morgan fingerprint density at radius 3 is 2.53 bits per heavy atom. The van der Waals surface area contributed by atoms with Gasteiger partial charge in [0.2, 0.25) is 5.95 Å². The average molecular weight is 401 g/mol. The summed E-state index contributed by atoms with van der Waals surface area (Å²) in [7, 11) is 0. The van der Waals surface area contributed by atoms with Gasteiger partial charge >= 0.3 is 0 Å². The largest absolute Gasteiger partial charge is 0.357 e. The van der Waals surface area contributed by atoms with Crippen molar-refractivity contribution in [1.29, 1.82) is 0 Å². The number of ketones is 1. The Morgan fingerprint density at radius 1 is 1.00 bits per heavy atom. The number of aromatic nitrogens is 3. The van der Waals surface area contributed by atoms with Crippen molar-refractivity contribution in [1.82, 2.24) is 19.9 Å². The van der Waals surface area contributed by atoms with E-state index < -0.39 is 0 Å². The number of piperazine rings is 1. The van der Waals surface area contributed by atoms with Crippen molar-refractivity contribution < 1.29 is 9.59 Å². The Kier molecular flexibility index (Phi) is 4.78. The summed E-state index contributed by atoms with van der Waals surface area (Å²) < 4.78 is 0. The molecule has 1 N–H and O–H groups in total.